The van der Waals surface area contributed by atoms with E-state index in [0.717, 1.165) is 0 Å². The van der Waals surface area contributed by atoms with Gasteiger partial charge in [0.15, 0.2) is 0 Å². The molecule has 0 saturated heterocycles. The summed E-state index contributed by atoms with van der Waals surface area (Å²) in [4.78, 5) is 4.13. The second kappa shape index (κ2) is 6.33. The summed E-state index contributed by atoms with van der Waals surface area (Å²) >= 11 is 3.22. The maximum Gasteiger partial charge on any atom is 0.244 e. The number of aromatic nitrogens is 3. The van der Waals surface area contributed by atoms with Crippen molar-refractivity contribution in [2.24, 2.45) is 0 Å². The topological polar surface area (TPSA) is 88.9 Å². The van der Waals surface area contributed by atoms with Gasteiger partial charge < -0.3 is 5.32 Å². The van der Waals surface area contributed by atoms with E-state index in [0.29, 0.717) is 16.8 Å². The van der Waals surface area contributed by atoms with Gasteiger partial charge in [-0.15, -0.1) is 0 Å². The third-order valence-corrected chi connectivity index (χ3v) is 4.45. The van der Waals surface area contributed by atoms with Gasteiger partial charge in [0.2, 0.25) is 10.0 Å². The molecule has 2 N–H and O–H groups in total. The lowest BCUT2D eigenvalue weighted by Crippen LogP contribution is -2.28. The molecule has 2 aromatic rings. The highest BCUT2D eigenvalue weighted by Gasteiger charge is 2.19. The Balaban J connectivity index is 2.11. The molecular weight excluding hydrogens is 346 g/mol. The van der Waals surface area contributed by atoms with Gasteiger partial charge in [-0.2, -0.15) is 5.10 Å². The van der Waals surface area contributed by atoms with E-state index in [1.165, 1.54) is 12.3 Å². The quantitative estimate of drug-likeness (QED) is 0.804. The molecule has 0 spiro atoms. The Kier molecular flexibility index (Phi) is 4.73. The number of halogens is 1. The van der Waals surface area contributed by atoms with Gasteiger partial charge in [-0.05, 0) is 28.1 Å². The first-order valence-corrected chi connectivity index (χ1v) is 8.11. The summed E-state index contributed by atoms with van der Waals surface area (Å²) in [5.74, 6) is 0.305. The minimum Gasteiger partial charge on any atom is -0.372 e. The van der Waals surface area contributed by atoms with Crippen LogP contribution < -0.4 is 10.0 Å². The Morgan fingerprint density at radius 1 is 1.45 bits per heavy atom. The summed E-state index contributed by atoms with van der Waals surface area (Å²) in [6.45, 7) is 0.711. The van der Waals surface area contributed by atoms with E-state index in [-0.39, 0.29) is 11.4 Å². The molecule has 0 aliphatic carbocycles. The molecule has 0 atom stereocenters. The number of rotatable bonds is 6. The minimum absolute atomic E-state index is 0.106. The SMILES string of the molecule is CNc1ncc(Br)cc1S(=O)(=O)NCCn1cccn1. The smallest absolute Gasteiger partial charge is 0.244 e. The Bertz CT molecular complexity index is 672. The Hall–Kier alpha value is -1.45. The van der Waals surface area contributed by atoms with Gasteiger partial charge in [0.25, 0.3) is 0 Å². The summed E-state index contributed by atoms with van der Waals surface area (Å²) in [6.07, 6.45) is 4.95. The van der Waals surface area contributed by atoms with Gasteiger partial charge in [-0.3, -0.25) is 4.68 Å². The van der Waals surface area contributed by atoms with Crippen molar-refractivity contribution in [3.8, 4) is 0 Å². The zero-order valence-corrected chi connectivity index (χ0v) is 13.1. The fourth-order valence-electron chi connectivity index (χ4n) is 1.62. The van der Waals surface area contributed by atoms with E-state index in [1.54, 1.807) is 30.2 Å². The fraction of sp³-hybridized carbons (Fsp3) is 0.273. The van der Waals surface area contributed by atoms with Crippen molar-refractivity contribution in [1.82, 2.24) is 19.5 Å². The van der Waals surface area contributed by atoms with E-state index < -0.39 is 10.0 Å². The van der Waals surface area contributed by atoms with E-state index in [1.807, 2.05) is 0 Å². The van der Waals surface area contributed by atoms with Crippen LogP contribution in [0.15, 0.2) is 40.1 Å². The van der Waals surface area contributed by atoms with Crippen LogP contribution in [-0.2, 0) is 16.6 Å². The number of hydrogen-bond donors (Lipinski definition) is 2. The maximum atomic E-state index is 12.3. The molecule has 0 fully saturated rings. The van der Waals surface area contributed by atoms with Crippen molar-refractivity contribution in [3.63, 3.8) is 0 Å². The molecule has 0 bridgehead atoms. The predicted octanol–water partition coefficient (Wildman–Crippen LogP) is 1.06. The second-order valence-electron chi connectivity index (χ2n) is 3.92. The first kappa shape index (κ1) is 14.9. The first-order valence-electron chi connectivity index (χ1n) is 5.83. The molecule has 0 unspecified atom stereocenters. The Labute approximate surface area is 125 Å². The average Bonchev–Trinajstić information content (AvgIpc) is 2.91. The molecule has 0 aliphatic rings. The standard InChI is InChI=1S/C11H14BrN5O2S/c1-13-11-10(7-9(12)8-14-11)20(18,19)16-4-6-17-5-2-3-15-17/h2-3,5,7-8,16H,4,6H2,1H3,(H,13,14). The summed E-state index contributed by atoms with van der Waals surface area (Å²) in [5, 5.41) is 6.77. The Morgan fingerprint density at radius 2 is 2.25 bits per heavy atom. The third kappa shape index (κ3) is 3.56. The van der Waals surface area contributed by atoms with Gasteiger partial charge in [0.05, 0.1) is 6.54 Å². The zero-order chi connectivity index (χ0) is 14.6. The van der Waals surface area contributed by atoms with Crippen LogP contribution in [0.4, 0.5) is 5.82 Å². The van der Waals surface area contributed by atoms with Crippen molar-refractivity contribution in [1.29, 1.82) is 0 Å². The first-order chi connectivity index (χ1) is 9.53. The van der Waals surface area contributed by atoms with Gasteiger partial charge in [0.1, 0.15) is 10.7 Å². The summed E-state index contributed by atoms with van der Waals surface area (Å²) < 4.78 is 29.3. The predicted molar refractivity (Wildman–Crippen MR) is 78.9 cm³/mol. The molecule has 0 saturated carbocycles. The van der Waals surface area contributed by atoms with Gasteiger partial charge >= 0.3 is 0 Å². The second-order valence-corrected chi connectivity index (χ2v) is 6.57. The number of nitrogens with one attached hydrogen (secondary N) is 2. The van der Waals surface area contributed by atoms with Crippen LogP contribution >= 0.6 is 15.9 Å². The number of sulfonamides is 1. The highest BCUT2D eigenvalue weighted by atomic mass is 79.9. The van der Waals surface area contributed by atoms with Crippen molar-refractivity contribution >= 4 is 31.8 Å². The molecule has 9 heteroatoms. The van der Waals surface area contributed by atoms with Crippen molar-refractivity contribution in [2.45, 2.75) is 11.4 Å². The number of nitrogens with zero attached hydrogens (tertiary/aromatic N) is 3. The summed E-state index contributed by atoms with van der Waals surface area (Å²) in [5.41, 5.74) is 0. The van der Waals surface area contributed by atoms with E-state index >= 15 is 0 Å². The number of anilines is 1. The van der Waals surface area contributed by atoms with E-state index in [9.17, 15) is 8.42 Å². The molecule has 0 aliphatic heterocycles. The monoisotopic (exact) mass is 359 g/mol. The molecule has 20 heavy (non-hydrogen) atoms. The van der Waals surface area contributed by atoms with Crippen molar-refractivity contribution < 1.29 is 8.42 Å². The highest BCUT2D eigenvalue weighted by Crippen LogP contribution is 2.22. The van der Waals surface area contributed by atoms with Crippen molar-refractivity contribution in [2.75, 3.05) is 18.9 Å². The van der Waals surface area contributed by atoms with E-state index in [4.69, 9.17) is 0 Å². The van der Waals surface area contributed by atoms with Crippen LogP contribution in [0.3, 0.4) is 0 Å². The van der Waals surface area contributed by atoms with Crippen LogP contribution in [-0.4, -0.2) is 36.8 Å². The summed E-state index contributed by atoms with van der Waals surface area (Å²) in [6, 6.07) is 3.29. The Morgan fingerprint density at radius 3 is 2.90 bits per heavy atom. The minimum atomic E-state index is -3.62. The zero-order valence-electron chi connectivity index (χ0n) is 10.7. The number of hydrogen-bond acceptors (Lipinski definition) is 5. The molecule has 2 aromatic heterocycles. The van der Waals surface area contributed by atoms with Crippen LogP contribution in [0.2, 0.25) is 0 Å². The van der Waals surface area contributed by atoms with Gasteiger partial charge in [-0.1, -0.05) is 0 Å². The lowest BCUT2D eigenvalue weighted by molar-refractivity contribution is 0.561. The van der Waals surface area contributed by atoms with Gasteiger partial charge in [-0.25, -0.2) is 18.1 Å². The lowest BCUT2D eigenvalue weighted by Gasteiger charge is -2.10. The average molecular weight is 360 g/mol. The van der Waals surface area contributed by atoms with Gasteiger partial charge in [0, 0.05) is 36.7 Å². The molecule has 0 radical (unpaired) electrons. The molecule has 2 heterocycles. The lowest BCUT2D eigenvalue weighted by atomic mass is 10.4. The van der Waals surface area contributed by atoms with E-state index in [2.05, 4.69) is 36.1 Å². The van der Waals surface area contributed by atoms with Crippen LogP contribution in [0.25, 0.3) is 0 Å². The van der Waals surface area contributed by atoms with Crippen LogP contribution in [0.1, 0.15) is 0 Å². The largest absolute Gasteiger partial charge is 0.372 e. The normalized spacial score (nSPS) is 11.5. The molecule has 2 rings (SSSR count). The van der Waals surface area contributed by atoms with Crippen molar-refractivity contribution in [3.05, 3.63) is 35.2 Å². The molecule has 0 aromatic carbocycles. The summed E-state index contributed by atoms with van der Waals surface area (Å²) in [7, 11) is -2.00. The number of pyridine rings is 1. The molecule has 108 valence electrons. The van der Waals surface area contributed by atoms with Crippen LogP contribution in [0, 0.1) is 0 Å². The molecule has 0 amide bonds. The molecular formula is C11H14BrN5O2S. The maximum absolute atomic E-state index is 12.3. The highest BCUT2D eigenvalue weighted by molar-refractivity contribution is 9.10. The van der Waals surface area contributed by atoms with Crippen LogP contribution in [0.5, 0.6) is 0 Å². The third-order valence-electron chi connectivity index (χ3n) is 2.54. The molecule has 7 nitrogen and oxygen atoms in total. The fourth-order valence-corrected chi connectivity index (χ4v) is 3.31.